The standard InChI is InChI=1S/C25H20S2/c26-23-15-11-21(12-16-23)25(19-7-3-1-4-8-19,20-9-5-2-6-10-20)22-13-17-24(27)18-14-22/h1-18,26-27H. The highest BCUT2D eigenvalue weighted by Crippen LogP contribution is 2.45. The van der Waals surface area contributed by atoms with Crippen molar-refractivity contribution in [3.63, 3.8) is 0 Å². The second-order valence-corrected chi connectivity index (χ2v) is 7.61. The molecule has 0 saturated carbocycles. The fourth-order valence-electron chi connectivity index (χ4n) is 3.80. The largest absolute Gasteiger partial charge is 0.143 e. The lowest BCUT2D eigenvalue weighted by atomic mass is 9.65. The second kappa shape index (κ2) is 7.67. The summed E-state index contributed by atoms with van der Waals surface area (Å²) < 4.78 is 0. The van der Waals surface area contributed by atoms with Crippen LogP contribution in [0, 0.1) is 0 Å². The zero-order valence-electron chi connectivity index (χ0n) is 14.8. The molecule has 0 aliphatic rings. The third-order valence-electron chi connectivity index (χ3n) is 5.01. The average Bonchev–Trinajstić information content (AvgIpc) is 2.73. The van der Waals surface area contributed by atoms with Crippen LogP contribution in [0.15, 0.2) is 119 Å². The molecule has 0 unspecified atom stereocenters. The summed E-state index contributed by atoms with van der Waals surface area (Å²) in [6.45, 7) is 0. The third-order valence-corrected chi connectivity index (χ3v) is 5.61. The van der Waals surface area contributed by atoms with E-state index in [1.165, 1.54) is 22.3 Å². The zero-order valence-corrected chi connectivity index (χ0v) is 16.6. The van der Waals surface area contributed by atoms with Gasteiger partial charge in [-0.2, -0.15) is 0 Å². The van der Waals surface area contributed by atoms with Gasteiger partial charge in [0.2, 0.25) is 0 Å². The van der Waals surface area contributed by atoms with Gasteiger partial charge < -0.3 is 0 Å². The first-order valence-corrected chi connectivity index (χ1v) is 9.81. The summed E-state index contributed by atoms with van der Waals surface area (Å²) in [5.74, 6) is 0. The monoisotopic (exact) mass is 384 g/mol. The Labute approximate surface area is 171 Å². The van der Waals surface area contributed by atoms with E-state index in [1.54, 1.807) is 0 Å². The van der Waals surface area contributed by atoms with E-state index in [0.29, 0.717) is 0 Å². The van der Waals surface area contributed by atoms with Crippen LogP contribution in [0.3, 0.4) is 0 Å². The molecule has 0 saturated heterocycles. The lowest BCUT2D eigenvalue weighted by molar-refractivity contribution is 0.743. The van der Waals surface area contributed by atoms with Gasteiger partial charge in [0.1, 0.15) is 0 Å². The zero-order chi connectivity index (χ0) is 18.7. The van der Waals surface area contributed by atoms with E-state index in [9.17, 15) is 0 Å². The molecule has 0 atom stereocenters. The van der Waals surface area contributed by atoms with Gasteiger partial charge in [0.05, 0.1) is 5.41 Å². The highest BCUT2D eigenvalue weighted by molar-refractivity contribution is 7.80. The van der Waals surface area contributed by atoms with Gasteiger partial charge in [0.25, 0.3) is 0 Å². The van der Waals surface area contributed by atoms with Gasteiger partial charge in [-0.25, -0.2) is 0 Å². The molecule has 0 amide bonds. The quantitative estimate of drug-likeness (QED) is 0.286. The first-order chi connectivity index (χ1) is 13.2. The van der Waals surface area contributed by atoms with Crippen LogP contribution < -0.4 is 0 Å². The van der Waals surface area contributed by atoms with Gasteiger partial charge >= 0.3 is 0 Å². The van der Waals surface area contributed by atoms with E-state index >= 15 is 0 Å². The highest BCUT2D eigenvalue weighted by Gasteiger charge is 2.38. The smallest absolute Gasteiger partial charge is 0.0701 e. The summed E-state index contributed by atoms with van der Waals surface area (Å²) in [6.07, 6.45) is 0. The molecule has 0 aromatic heterocycles. The molecule has 4 rings (SSSR count). The average molecular weight is 385 g/mol. The van der Waals surface area contributed by atoms with Gasteiger partial charge in [-0.15, -0.1) is 25.3 Å². The van der Waals surface area contributed by atoms with Crippen molar-refractivity contribution in [3.8, 4) is 0 Å². The van der Waals surface area contributed by atoms with Crippen LogP contribution in [0.1, 0.15) is 22.3 Å². The molecule has 0 aliphatic heterocycles. The fourth-order valence-corrected chi connectivity index (χ4v) is 4.10. The minimum Gasteiger partial charge on any atom is -0.143 e. The summed E-state index contributed by atoms with van der Waals surface area (Å²) >= 11 is 8.99. The minimum atomic E-state index is -0.411. The van der Waals surface area contributed by atoms with Gasteiger partial charge in [-0.1, -0.05) is 84.9 Å². The molecule has 4 aromatic rings. The lowest BCUT2D eigenvalue weighted by Gasteiger charge is -2.37. The third kappa shape index (κ3) is 3.31. The van der Waals surface area contributed by atoms with E-state index < -0.39 is 5.41 Å². The Hall–Kier alpha value is -2.42. The maximum atomic E-state index is 4.49. The van der Waals surface area contributed by atoms with Gasteiger partial charge in [0.15, 0.2) is 0 Å². The summed E-state index contributed by atoms with van der Waals surface area (Å²) in [4.78, 5) is 1.92. The maximum absolute atomic E-state index is 4.49. The van der Waals surface area contributed by atoms with Gasteiger partial charge in [-0.3, -0.25) is 0 Å². The van der Waals surface area contributed by atoms with E-state index in [-0.39, 0.29) is 0 Å². The minimum absolute atomic E-state index is 0.411. The van der Waals surface area contributed by atoms with E-state index in [4.69, 9.17) is 0 Å². The Bertz CT molecular complexity index is 918. The predicted octanol–water partition coefficient (Wildman–Crippen LogP) is 6.65. The van der Waals surface area contributed by atoms with Crippen molar-refractivity contribution in [3.05, 3.63) is 131 Å². The normalized spacial score (nSPS) is 11.3. The molecule has 132 valence electrons. The molecule has 0 heterocycles. The molecule has 0 fully saturated rings. The Morgan fingerprint density at radius 3 is 1.00 bits per heavy atom. The molecule has 4 aromatic carbocycles. The number of hydrogen-bond donors (Lipinski definition) is 2. The Morgan fingerprint density at radius 2 is 0.667 bits per heavy atom. The highest BCUT2D eigenvalue weighted by atomic mass is 32.1. The van der Waals surface area contributed by atoms with Crippen molar-refractivity contribution in [1.82, 2.24) is 0 Å². The van der Waals surface area contributed by atoms with Crippen LogP contribution >= 0.6 is 25.3 Å². The van der Waals surface area contributed by atoms with Crippen LogP contribution in [-0.2, 0) is 5.41 Å². The first kappa shape index (κ1) is 18.0. The summed E-state index contributed by atoms with van der Waals surface area (Å²) in [5.41, 5.74) is 4.48. The number of thiol groups is 2. The number of rotatable bonds is 4. The molecule has 0 spiro atoms. The molecule has 0 aliphatic carbocycles. The molecule has 0 N–H and O–H groups in total. The molecular formula is C25H20S2. The Kier molecular flexibility index (Phi) is 5.11. The molecule has 27 heavy (non-hydrogen) atoms. The summed E-state index contributed by atoms with van der Waals surface area (Å²) in [5, 5.41) is 0. The molecular weight excluding hydrogens is 364 g/mol. The van der Waals surface area contributed by atoms with Crippen molar-refractivity contribution >= 4 is 25.3 Å². The molecule has 2 heteroatoms. The van der Waals surface area contributed by atoms with Crippen LogP contribution in [-0.4, -0.2) is 0 Å². The van der Waals surface area contributed by atoms with Crippen molar-refractivity contribution in [1.29, 1.82) is 0 Å². The number of hydrogen-bond acceptors (Lipinski definition) is 2. The van der Waals surface area contributed by atoms with E-state index in [0.717, 1.165) is 9.79 Å². The summed E-state index contributed by atoms with van der Waals surface area (Å²) in [6, 6.07) is 38.3. The van der Waals surface area contributed by atoms with Crippen LogP contribution in [0.5, 0.6) is 0 Å². The number of benzene rings is 4. The van der Waals surface area contributed by atoms with E-state index in [1.807, 2.05) is 0 Å². The first-order valence-electron chi connectivity index (χ1n) is 8.91. The molecule has 0 nitrogen and oxygen atoms in total. The van der Waals surface area contributed by atoms with Crippen LogP contribution in [0.4, 0.5) is 0 Å². The van der Waals surface area contributed by atoms with Crippen LogP contribution in [0.25, 0.3) is 0 Å². The van der Waals surface area contributed by atoms with Crippen molar-refractivity contribution in [2.24, 2.45) is 0 Å². The molecule has 0 bridgehead atoms. The maximum Gasteiger partial charge on any atom is 0.0701 e. The Balaban J connectivity index is 2.11. The van der Waals surface area contributed by atoms with E-state index in [2.05, 4.69) is 134 Å². The van der Waals surface area contributed by atoms with Crippen molar-refractivity contribution in [2.45, 2.75) is 15.2 Å². The lowest BCUT2D eigenvalue weighted by Crippen LogP contribution is -2.30. The fraction of sp³-hybridized carbons (Fsp3) is 0.0400. The molecule has 0 radical (unpaired) electrons. The Morgan fingerprint density at radius 1 is 0.370 bits per heavy atom. The second-order valence-electron chi connectivity index (χ2n) is 6.58. The van der Waals surface area contributed by atoms with Gasteiger partial charge in [-0.05, 0) is 46.5 Å². The summed E-state index contributed by atoms with van der Waals surface area (Å²) in [7, 11) is 0. The topological polar surface area (TPSA) is 0 Å². The SMILES string of the molecule is Sc1ccc(C(c2ccccc2)(c2ccccc2)c2ccc(S)cc2)cc1. The van der Waals surface area contributed by atoms with Gasteiger partial charge in [0, 0.05) is 9.79 Å². The van der Waals surface area contributed by atoms with Crippen molar-refractivity contribution in [2.75, 3.05) is 0 Å². The van der Waals surface area contributed by atoms with Crippen molar-refractivity contribution < 1.29 is 0 Å². The van der Waals surface area contributed by atoms with Crippen LogP contribution in [0.2, 0.25) is 0 Å². The predicted molar refractivity (Wildman–Crippen MR) is 119 cm³/mol.